The maximum atomic E-state index is 12.3. The molecule has 0 fully saturated rings. The van der Waals surface area contributed by atoms with Crippen LogP contribution in [0.4, 0.5) is 26.3 Å². The molecule has 0 aromatic rings. The first-order chi connectivity index (χ1) is 12.6. The molecule has 8 heteroatoms. The SMILES string of the molecule is CCCCCCCCCCCCCCCC(=O)OC(C(F)(F)F)C(F)(F)F. The standard InChI is InChI=1S/C19H32F6O2/c1-2-3-4-5-6-7-8-9-10-11-12-13-14-15-16(26)27-17(18(20,21)22)19(23,24)25/h17H,2-15H2,1H3. The molecule has 0 radical (unpaired) electrons. The second kappa shape index (κ2) is 14.1. The summed E-state index contributed by atoms with van der Waals surface area (Å²) in [7, 11) is 0. The minimum Gasteiger partial charge on any atom is -0.443 e. The van der Waals surface area contributed by atoms with Crippen molar-refractivity contribution < 1.29 is 35.9 Å². The van der Waals surface area contributed by atoms with Gasteiger partial charge in [-0.05, 0) is 6.42 Å². The van der Waals surface area contributed by atoms with Crippen LogP contribution in [0, 0.1) is 0 Å². The summed E-state index contributed by atoms with van der Waals surface area (Å²) < 4.78 is 77.2. The maximum absolute atomic E-state index is 12.3. The Morgan fingerprint density at radius 2 is 1.00 bits per heavy atom. The molecule has 0 aliphatic heterocycles. The smallest absolute Gasteiger partial charge is 0.434 e. The third-order valence-electron chi connectivity index (χ3n) is 4.33. The Bertz CT molecular complexity index is 365. The number of unbranched alkanes of at least 4 members (excludes halogenated alkanes) is 12. The molecule has 0 atom stereocenters. The van der Waals surface area contributed by atoms with Gasteiger partial charge in [0.2, 0.25) is 0 Å². The highest BCUT2D eigenvalue weighted by Gasteiger charge is 2.59. The lowest BCUT2D eigenvalue weighted by Crippen LogP contribution is -2.45. The average Bonchev–Trinajstić information content (AvgIpc) is 2.55. The number of carbonyl (C=O) groups excluding carboxylic acids is 1. The number of halogens is 6. The highest BCUT2D eigenvalue weighted by Crippen LogP contribution is 2.35. The number of ether oxygens (including phenoxy) is 1. The topological polar surface area (TPSA) is 26.3 Å². The number of hydrogen-bond donors (Lipinski definition) is 0. The van der Waals surface area contributed by atoms with Gasteiger partial charge < -0.3 is 4.74 Å². The molecule has 0 unspecified atom stereocenters. The fourth-order valence-corrected chi connectivity index (χ4v) is 2.80. The largest absolute Gasteiger partial charge is 0.443 e. The Balaban J connectivity index is 3.63. The van der Waals surface area contributed by atoms with E-state index in [1.54, 1.807) is 0 Å². The minimum absolute atomic E-state index is 0.235. The van der Waals surface area contributed by atoms with E-state index in [9.17, 15) is 31.1 Å². The van der Waals surface area contributed by atoms with Crippen LogP contribution >= 0.6 is 0 Å². The van der Waals surface area contributed by atoms with Crippen LogP contribution in [0.2, 0.25) is 0 Å². The number of esters is 1. The summed E-state index contributed by atoms with van der Waals surface area (Å²) in [4.78, 5) is 11.2. The van der Waals surface area contributed by atoms with Crippen LogP contribution in [0.3, 0.4) is 0 Å². The van der Waals surface area contributed by atoms with Crippen LogP contribution in [0.15, 0.2) is 0 Å². The zero-order valence-electron chi connectivity index (χ0n) is 16.1. The maximum Gasteiger partial charge on any atom is 0.434 e. The van der Waals surface area contributed by atoms with E-state index in [0.717, 1.165) is 25.7 Å². The zero-order valence-corrected chi connectivity index (χ0v) is 16.1. The van der Waals surface area contributed by atoms with Crippen LogP contribution in [-0.4, -0.2) is 24.4 Å². The van der Waals surface area contributed by atoms with Crippen molar-refractivity contribution in [2.75, 3.05) is 0 Å². The third kappa shape index (κ3) is 14.7. The van der Waals surface area contributed by atoms with Crippen molar-refractivity contribution in [3.8, 4) is 0 Å². The minimum atomic E-state index is -5.65. The molecule has 2 nitrogen and oxygen atoms in total. The fraction of sp³-hybridized carbons (Fsp3) is 0.947. The fourth-order valence-electron chi connectivity index (χ4n) is 2.80. The quantitative estimate of drug-likeness (QED) is 0.160. The molecule has 0 aliphatic carbocycles. The van der Waals surface area contributed by atoms with E-state index in [0.29, 0.717) is 6.42 Å². The number of rotatable bonds is 15. The molecule has 162 valence electrons. The van der Waals surface area contributed by atoms with E-state index in [2.05, 4.69) is 11.7 Å². The molecule has 0 bridgehead atoms. The van der Waals surface area contributed by atoms with Crippen molar-refractivity contribution in [3.63, 3.8) is 0 Å². The van der Waals surface area contributed by atoms with Gasteiger partial charge in [-0.3, -0.25) is 4.79 Å². The van der Waals surface area contributed by atoms with E-state index in [1.807, 2.05) is 0 Å². The zero-order chi connectivity index (χ0) is 20.8. The summed E-state index contributed by atoms with van der Waals surface area (Å²) in [5, 5.41) is 0. The highest BCUT2D eigenvalue weighted by molar-refractivity contribution is 5.69. The van der Waals surface area contributed by atoms with E-state index in [4.69, 9.17) is 0 Å². The van der Waals surface area contributed by atoms with Gasteiger partial charge in [0.15, 0.2) is 0 Å². The molecule has 0 saturated carbocycles. The lowest BCUT2D eigenvalue weighted by Gasteiger charge is -2.22. The lowest BCUT2D eigenvalue weighted by atomic mass is 10.0. The molecule has 0 aromatic heterocycles. The average molecular weight is 406 g/mol. The summed E-state index contributed by atoms with van der Waals surface area (Å²) in [5.41, 5.74) is 0. The second-order valence-electron chi connectivity index (χ2n) is 6.95. The van der Waals surface area contributed by atoms with Crippen LogP contribution in [0.25, 0.3) is 0 Å². The Hall–Kier alpha value is -0.950. The Morgan fingerprint density at radius 3 is 1.33 bits per heavy atom. The Kier molecular flexibility index (Phi) is 13.6. The molecule has 0 saturated heterocycles. The second-order valence-corrected chi connectivity index (χ2v) is 6.95. The van der Waals surface area contributed by atoms with Crippen molar-refractivity contribution in [2.24, 2.45) is 0 Å². The molecular formula is C19H32F6O2. The van der Waals surface area contributed by atoms with Crippen LogP contribution in [0.5, 0.6) is 0 Å². The van der Waals surface area contributed by atoms with E-state index >= 15 is 0 Å². The summed E-state index contributed by atoms with van der Waals surface area (Å²) in [6.45, 7) is 2.19. The number of alkyl halides is 6. The first-order valence-electron chi connectivity index (χ1n) is 9.92. The summed E-state index contributed by atoms with van der Waals surface area (Å²) in [6, 6.07) is 0. The molecular weight excluding hydrogens is 374 g/mol. The Morgan fingerprint density at radius 1 is 0.667 bits per heavy atom. The normalized spacial score (nSPS) is 12.6. The predicted molar refractivity (Wildman–Crippen MR) is 92.3 cm³/mol. The van der Waals surface area contributed by atoms with Crippen molar-refractivity contribution >= 4 is 5.97 Å². The molecule has 0 amide bonds. The van der Waals surface area contributed by atoms with E-state index in [-0.39, 0.29) is 6.42 Å². The van der Waals surface area contributed by atoms with E-state index < -0.39 is 30.8 Å². The van der Waals surface area contributed by atoms with Crippen molar-refractivity contribution in [3.05, 3.63) is 0 Å². The van der Waals surface area contributed by atoms with Gasteiger partial charge >= 0.3 is 18.3 Å². The molecule has 0 spiro atoms. The van der Waals surface area contributed by atoms with Gasteiger partial charge in [-0.2, -0.15) is 26.3 Å². The van der Waals surface area contributed by atoms with Crippen molar-refractivity contribution in [2.45, 2.75) is 115 Å². The number of carbonyl (C=O) groups is 1. The van der Waals surface area contributed by atoms with Crippen LogP contribution in [-0.2, 0) is 9.53 Å². The van der Waals surface area contributed by atoms with Gasteiger partial charge in [0.1, 0.15) is 0 Å². The van der Waals surface area contributed by atoms with Crippen molar-refractivity contribution in [1.82, 2.24) is 0 Å². The van der Waals surface area contributed by atoms with Gasteiger partial charge in [0.05, 0.1) is 0 Å². The summed E-state index contributed by atoms with van der Waals surface area (Å²) >= 11 is 0. The van der Waals surface area contributed by atoms with Gasteiger partial charge in [0, 0.05) is 6.42 Å². The monoisotopic (exact) mass is 406 g/mol. The molecule has 0 aromatic carbocycles. The first-order valence-corrected chi connectivity index (χ1v) is 9.92. The Labute approximate surface area is 158 Å². The molecule has 0 heterocycles. The van der Waals surface area contributed by atoms with E-state index in [1.165, 1.54) is 44.9 Å². The summed E-state index contributed by atoms with van der Waals surface area (Å²) in [6.07, 6.45) is -2.19. The molecule has 27 heavy (non-hydrogen) atoms. The molecule has 0 rings (SSSR count). The van der Waals surface area contributed by atoms with Crippen LogP contribution < -0.4 is 0 Å². The molecule has 0 aliphatic rings. The van der Waals surface area contributed by atoms with Gasteiger partial charge in [-0.1, -0.05) is 84.0 Å². The number of hydrogen-bond acceptors (Lipinski definition) is 2. The predicted octanol–water partition coefficient (Wildman–Crippen LogP) is 7.50. The summed E-state index contributed by atoms with van der Waals surface area (Å²) in [5.74, 6) is -1.46. The van der Waals surface area contributed by atoms with Crippen molar-refractivity contribution in [1.29, 1.82) is 0 Å². The highest BCUT2D eigenvalue weighted by atomic mass is 19.4. The lowest BCUT2D eigenvalue weighted by molar-refractivity contribution is -0.313. The van der Waals surface area contributed by atoms with Gasteiger partial charge in [-0.25, -0.2) is 0 Å². The van der Waals surface area contributed by atoms with Gasteiger partial charge in [0.25, 0.3) is 6.10 Å². The van der Waals surface area contributed by atoms with Crippen LogP contribution in [0.1, 0.15) is 96.8 Å². The molecule has 0 N–H and O–H groups in total. The third-order valence-corrected chi connectivity index (χ3v) is 4.33. The first kappa shape index (κ1) is 26.1. The van der Waals surface area contributed by atoms with Gasteiger partial charge in [-0.15, -0.1) is 0 Å².